The lowest BCUT2D eigenvalue weighted by Gasteiger charge is -2.41. The van der Waals surface area contributed by atoms with Crippen LogP contribution in [0.4, 0.5) is 22.7 Å². The average Bonchev–Trinajstić information content (AvgIpc) is 3.71. The Morgan fingerprint density at radius 2 is 1.18 bits per heavy atom. The molecular formula is C57H67N4O+. The minimum atomic E-state index is -0.109. The highest BCUT2D eigenvalue weighted by Gasteiger charge is 2.78. The molecule has 4 heterocycles. The van der Waals surface area contributed by atoms with Crippen molar-refractivity contribution < 1.29 is 4.74 Å². The Morgan fingerprint density at radius 3 is 1.85 bits per heavy atom. The number of rotatable bonds is 8. The van der Waals surface area contributed by atoms with E-state index in [0.717, 1.165) is 41.2 Å². The lowest BCUT2D eigenvalue weighted by Crippen LogP contribution is -2.47. The zero-order valence-electron chi connectivity index (χ0n) is 39.7. The minimum Gasteiger partial charge on any atom is -0.457 e. The normalized spacial score (nSPS) is 18.8. The first-order valence-electron chi connectivity index (χ1n) is 22.9. The fourth-order valence-electron chi connectivity index (χ4n) is 9.91. The number of ether oxygens (including phenoxy) is 1. The maximum Gasteiger partial charge on any atom is 0.225 e. The van der Waals surface area contributed by atoms with Gasteiger partial charge in [-0.2, -0.15) is 9.18 Å². The Bertz CT molecular complexity index is 2890. The molecular weight excluding hydrogens is 757 g/mol. The Kier molecular flexibility index (Phi) is 9.60. The van der Waals surface area contributed by atoms with E-state index < -0.39 is 0 Å². The molecule has 62 heavy (non-hydrogen) atoms. The maximum atomic E-state index is 7.09. The van der Waals surface area contributed by atoms with Crippen molar-refractivity contribution >= 4 is 44.6 Å². The number of quaternary nitrogens is 2. The first-order chi connectivity index (χ1) is 29.1. The molecule has 0 N–H and O–H groups in total. The lowest BCUT2D eigenvalue weighted by atomic mass is 9.85. The zero-order chi connectivity index (χ0) is 44.4. The van der Waals surface area contributed by atoms with Gasteiger partial charge in [0.05, 0.1) is 11.0 Å². The van der Waals surface area contributed by atoms with Crippen molar-refractivity contribution in [1.82, 2.24) is 18.7 Å². The van der Waals surface area contributed by atoms with Gasteiger partial charge in [-0.15, -0.1) is 0 Å². The third kappa shape index (κ3) is 6.61. The second-order valence-electron chi connectivity index (χ2n) is 22.3. The van der Waals surface area contributed by atoms with Crippen molar-refractivity contribution in [1.29, 1.82) is 0 Å². The van der Waals surface area contributed by atoms with Gasteiger partial charge in [-0.25, -0.2) is 4.98 Å². The van der Waals surface area contributed by atoms with Crippen LogP contribution in [0.25, 0.3) is 27.6 Å². The van der Waals surface area contributed by atoms with Crippen molar-refractivity contribution in [3.05, 3.63) is 150 Å². The molecule has 0 spiro atoms. The molecule has 0 aliphatic carbocycles. The maximum absolute atomic E-state index is 7.09. The molecule has 2 aromatic heterocycles. The molecule has 2 atom stereocenters. The number of pyridine rings is 1. The Labute approximate surface area is 371 Å². The molecule has 0 radical (unpaired) electrons. The summed E-state index contributed by atoms with van der Waals surface area (Å²) in [6.07, 6.45) is 4.22. The molecule has 320 valence electrons. The molecule has 5 nitrogen and oxygen atoms in total. The van der Waals surface area contributed by atoms with E-state index in [-0.39, 0.29) is 21.7 Å². The lowest BCUT2D eigenvalue weighted by molar-refractivity contribution is 0.420. The molecule has 2 aliphatic rings. The van der Waals surface area contributed by atoms with Gasteiger partial charge < -0.3 is 4.74 Å². The summed E-state index contributed by atoms with van der Waals surface area (Å²) >= 11 is 0. The molecule has 7 aromatic rings. The molecule has 1 saturated heterocycles. The highest BCUT2D eigenvalue weighted by Crippen LogP contribution is 2.76. The number of hydrogen-bond donors (Lipinski definition) is 0. The van der Waals surface area contributed by atoms with Gasteiger partial charge in [-0.05, 0) is 111 Å². The first kappa shape index (κ1) is 42.1. The fraction of sp³-hybridized carbons (Fsp3) is 0.368. The summed E-state index contributed by atoms with van der Waals surface area (Å²) in [6.45, 7) is 34.6. The van der Waals surface area contributed by atoms with Crippen LogP contribution in [0.3, 0.4) is 0 Å². The monoisotopic (exact) mass is 824 g/mol. The second-order valence-corrected chi connectivity index (χ2v) is 22.3. The number of aromatic nitrogens is 2. The summed E-state index contributed by atoms with van der Waals surface area (Å²) in [5, 5.41) is 2.41. The van der Waals surface area contributed by atoms with Crippen LogP contribution in [-0.2, 0) is 21.7 Å². The molecule has 9 rings (SSSR count). The van der Waals surface area contributed by atoms with Crippen molar-refractivity contribution in [3.8, 4) is 17.3 Å². The van der Waals surface area contributed by atoms with Gasteiger partial charge >= 0.3 is 0 Å². The molecule has 2 aliphatic heterocycles. The Hall–Kier alpha value is -5.23. The van der Waals surface area contributed by atoms with Gasteiger partial charge in [0.15, 0.2) is 18.0 Å². The van der Waals surface area contributed by atoms with E-state index >= 15 is 0 Å². The molecule has 0 bridgehead atoms. The topological polar surface area (TPSA) is 27.1 Å². The van der Waals surface area contributed by atoms with Crippen LogP contribution in [0.5, 0.6) is 11.5 Å². The van der Waals surface area contributed by atoms with Crippen molar-refractivity contribution in [2.45, 2.75) is 137 Å². The largest absolute Gasteiger partial charge is 0.457 e. The summed E-state index contributed by atoms with van der Waals surface area (Å²) in [7, 11) is 0. The summed E-state index contributed by atoms with van der Waals surface area (Å²) in [5.41, 5.74) is 14.0. The summed E-state index contributed by atoms with van der Waals surface area (Å²) < 4.78 is 10.7. The Morgan fingerprint density at radius 1 is 0.532 bits per heavy atom. The van der Waals surface area contributed by atoms with Crippen LogP contribution in [0.15, 0.2) is 115 Å². The van der Waals surface area contributed by atoms with Crippen LogP contribution in [0.1, 0.15) is 144 Å². The van der Waals surface area contributed by atoms with E-state index in [1.165, 1.54) is 61.3 Å². The van der Waals surface area contributed by atoms with E-state index in [1.54, 1.807) is 0 Å². The highest BCUT2D eigenvalue weighted by molar-refractivity contribution is 6.10. The van der Waals surface area contributed by atoms with E-state index in [1.807, 2.05) is 6.20 Å². The SMILES string of the molecule is CCC(CC)c1cccc([N@+]23[CH-][N+]2(c2cc(Oc4ccc5c6cc(C(C)(C)C)ccc6n(-c6cc(C(C)(C)C)ccn6)c5c4)cc(C(C)(C)C)c2)c2ccc(C(C)(C)C)cc23)c1. The summed E-state index contributed by atoms with van der Waals surface area (Å²) in [4.78, 5) is 4.99. The quantitative estimate of drug-likeness (QED) is 0.0867. The van der Waals surface area contributed by atoms with Gasteiger partial charge in [0.1, 0.15) is 17.3 Å². The number of nitrogens with zero attached hydrogens (tertiary/aromatic N) is 4. The number of hydrogen-bond acceptors (Lipinski definition) is 2. The zero-order valence-corrected chi connectivity index (χ0v) is 39.7. The molecule has 1 fully saturated rings. The predicted octanol–water partition coefficient (Wildman–Crippen LogP) is 16.4. The van der Waals surface area contributed by atoms with Gasteiger partial charge in [-0.3, -0.25) is 4.57 Å². The van der Waals surface area contributed by atoms with Crippen LogP contribution in [-0.4, -0.2) is 9.55 Å². The van der Waals surface area contributed by atoms with Gasteiger partial charge in [-0.1, -0.05) is 121 Å². The Balaban J connectivity index is 1.20. The second kappa shape index (κ2) is 14.1. The minimum absolute atomic E-state index is 0.0146. The van der Waals surface area contributed by atoms with Gasteiger partial charge in [0, 0.05) is 59.4 Å². The van der Waals surface area contributed by atoms with E-state index in [9.17, 15) is 0 Å². The molecule has 0 amide bonds. The van der Waals surface area contributed by atoms with Crippen molar-refractivity contribution in [2.24, 2.45) is 0 Å². The third-order valence-corrected chi connectivity index (χ3v) is 13.9. The molecule has 5 aromatic carbocycles. The highest BCUT2D eigenvalue weighted by atomic mass is 16.5. The average molecular weight is 824 g/mol. The molecule has 5 heteroatoms. The first-order valence-corrected chi connectivity index (χ1v) is 22.9. The van der Waals surface area contributed by atoms with Crippen LogP contribution in [0, 0.1) is 6.67 Å². The van der Waals surface area contributed by atoms with E-state index in [2.05, 4.69) is 217 Å². The number of benzene rings is 5. The van der Waals surface area contributed by atoms with Gasteiger partial charge in [0.25, 0.3) is 0 Å². The van der Waals surface area contributed by atoms with Crippen molar-refractivity contribution in [3.63, 3.8) is 0 Å². The molecule has 0 saturated carbocycles. The number of fused-ring (bicyclic) bond motifs is 7. The smallest absolute Gasteiger partial charge is 0.225 e. The summed E-state index contributed by atoms with van der Waals surface area (Å²) in [5.74, 6) is 3.09. The van der Waals surface area contributed by atoms with Crippen LogP contribution < -0.4 is 13.9 Å². The third-order valence-electron chi connectivity index (χ3n) is 13.9. The van der Waals surface area contributed by atoms with E-state index in [4.69, 9.17) is 9.72 Å². The van der Waals surface area contributed by atoms with Crippen LogP contribution in [0.2, 0.25) is 0 Å². The molecule has 1 unspecified atom stereocenters. The van der Waals surface area contributed by atoms with Crippen LogP contribution >= 0.6 is 0 Å². The van der Waals surface area contributed by atoms with Crippen molar-refractivity contribution in [2.75, 3.05) is 0 Å². The van der Waals surface area contributed by atoms with E-state index in [0.29, 0.717) is 15.1 Å². The standard InChI is InChI=1S/C57H67N4O/c1-15-37(16-2)38-18-17-19-43(28-38)60-36-61(60,51-25-21-40(32-52(51)60)55(6,7)8)44-29-42(57(12,13)14)30-46(34-44)62-45-22-23-47-48-31-39(54(3,4)5)20-24-49(48)59(50(47)35-45)53-33-41(26-27-58-53)56(9,10)11/h17-37H,15-16H2,1-14H3/q+1/t60-,61?/m0/s1. The summed E-state index contributed by atoms with van der Waals surface area (Å²) in [6, 6.07) is 41.5. The van der Waals surface area contributed by atoms with Gasteiger partial charge in [0.2, 0.25) is 11.4 Å². The fourth-order valence-corrected chi connectivity index (χ4v) is 9.91. The predicted molar refractivity (Wildman–Crippen MR) is 263 cm³/mol.